The van der Waals surface area contributed by atoms with Crippen LogP contribution >= 0.6 is 12.2 Å². The molecule has 0 aliphatic rings. The van der Waals surface area contributed by atoms with Crippen molar-refractivity contribution in [3.8, 4) is 0 Å². The number of nitrogens with one attached hydrogen (secondary N) is 2. The molecule has 15 heavy (non-hydrogen) atoms. The lowest BCUT2D eigenvalue weighted by molar-refractivity contribution is 0.699. The van der Waals surface area contributed by atoms with E-state index in [1.54, 1.807) is 11.0 Å². The first kappa shape index (κ1) is 11.9. The molecule has 0 amide bonds. The average Bonchev–Trinajstić information content (AvgIpc) is 2.50. The van der Waals surface area contributed by atoms with Crippen LogP contribution in [0.15, 0.2) is 6.33 Å². The topological polar surface area (TPSA) is 54.8 Å². The third-order valence-electron chi connectivity index (χ3n) is 1.70. The van der Waals surface area contributed by atoms with E-state index in [2.05, 4.69) is 20.7 Å². The lowest BCUT2D eigenvalue weighted by Crippen LogP contribution is -2.40. The highest BCUT2D eigenvalue weighted by molar-refractivity contribution is 7.80. The molecule has 5 nitrogen and oxygen atoms in total. The number of nitrogens with zero attached hydrogens (tertiary/aromatic N) is 3. The monoisotopic (exact) mass is 227 g/mol. The summed E-state index contributed by atoms with van der Waals surface area (Å²) < 4.78 is 1.69. The van der Waals surface area contributed by atoms with Gasteiger partial charge in [-0.1, -0.05) is 0 Å². The second kappa shape index (κ2) is 5.65. The summed E-state index contributed by atoms with van der Waals surface area (Å²) in [5.74, 6) is 0.831. The van der Waals surface area contributed by atoms with Gasteiger partial charge in [-0.3, -0.25) is 4.68 Å². The van der Waals surface area contributed by atoms with Crippen molar-refractivity contribution in [1.29, 1.82) is 0 Å². The lowest BCUT2D eigenvalue weighted by atomic mass is 10.4. The van der Waals surface area contributed by atoms with E-state index in [4.69, 9.17) is 12.2 Å². The van der Waals surface area contributed by atoms with Gasteiger partial charge in [0.2, 0.25) is 0 Å². The van der Waals surface area contributed by atoms with Crippen LogP contribution in [0.3, 0.4) is 0 Å². The van der Waals surface area contributed by atoms with E-state index in [9.17, 15) is 0 Å². The number of aryl methyl sites for hydroxylation is 1. The van der Waals surface area contributed by atoms with Crippen molar-refractivity contribution in [3.05, 3.63) is 12.2 Å². The molecule has 0 aliphatic carbocycles. The predicted octanol–water partition coefficient (Wildman–Crippen LogP) is 0.230. The molecule has 0 bridgehead atoms. The summed E-state index contributed by atoms with van der Waals surface area (Å²) in [4.78, 5) is 4.12. The van der Waals surface area contributed by atoms with Crippen LogP contribution in [0.5, 0.6) is 0 Å². The van der Waals surface area contributed by atoms with Crippen molar-refractivity contribution in [1.82, 2.24) is 25.4 Å². The summed E-state index contributed by atoms with van der Waals surface area (Å²) in [5, 5.41) is 11.1. The summed E-state index contributed by atoms with van der Waals surface area (Å²) >= 11 is 5.08. The SMILES string of the molecule is CC(C)NC(=S)NCCc1ncn(C)n1. The van der Waals surface area contributed by atoms with E-state index < -0.39 is 0 Å². The van der Waals surface area contributed by atoms with Gasteiger partial charge in [-0.15, -0.1) is 0 Å². The zero-order chi connectivity index (χ0) is 11.3. The van der Waals surface area contributed by atoms with Gasteiger partial charge >= 0.3 is 0 Å². The zero-order valence-corrected chi connectivity index (χ0v) is 10.1. The predicted molar refractivity (Wildman–Crippen MR) is 63.6 cm³/mol. The van der Waals surface area contributed by atoms with Crippen molar-refractivity contribution in [2.24, 2.45) is 7.05 Å². The maximum atomic E-state index is 5.08. The maximum absolute atomic E-state index is 5.08. The van der Waals surface area contributed by atoms with Gasteiger partial charge in [0.1, 0.15) is 6.33 Å². The minimum absolute atomic E-state index is 0.359. The smallest absolute Gasteiger partial charge is 0.166 e. The summed E-state index contributed by atoms with van der Waals surface area (Å²) in [6.45, 7) is 4.85. The molecule has 0 saturated carbocycles. The van der Waals surface area contributed by atoms with Gasteiger partial charge in [0.05, 0.1) is 0 Å². The Labute approximate surface area is 95.3 Å². The molecule has 0 fully saturated rings. The lowest BCUT2D eigenvalue weighted by Gasteiger charge is -2.12. The molecule has 2 N–H and O–H groups in total. The number of rotatable bonds is 4. The van der Waals surface area contributed by atoms with Gasteiger partial charge in [0.25, 0.3) is 0 Å². The van der Waals surface area contributed by atoms with Crippen LogP contribution in [0.25, 0.3) is 0 Å². The molecule has 1 aromatic rings. The standard InChI is InChI=1S/C9H17N5S/c1-7(2)12-9(15)10-5-4-8-11-6-14(3)13-8/h6-7H,4-5H2,1-3H3,(H2,10,12,15). The van der Waals surface area contributed by atoms with E-state index in [0.717, 1.165) is 18.8 Å². The molecule has 1 aromatic heterocycles. The third-order valence-corrected chi connectivity index (χ3v) is 1.96. The molecule has 1 heterocycles. The molecular weight excluding hydrogens is 210 g/mol. The normalized spacial score (nSPS) is 10.4. The molecule has 0 atom stereocenters. The molecule has 0 unspecified atom stereocenters. The van der Waals surface area contributed by atoms with Crippen LogP contribution in [-0.2, 0) is 13.5 Å². The Morgan fingerprint density at radius 2 is 2.33 bits per heavy atom. The van der Waals surface area contributed by atoms with Crippen LogP contribution in [0.4, 0.5) is 0 Å². The Morgan fingerprint density at radius 3 is 2.87 bits per heavy atom. The number of aromatic nitrogens is 3. The summed E-state index contributed by atoms with van der Waals surface area (Å²) in [6.07, 6.45) is 2.47. The highest BCUT2D eigenvalue weighted by Gasteiger charge is 2.00. The molecule has 0 radical (unpaired) electrons. The van der Waals surface area contributed by atoms with E-state index in [1.807, 2.05) is 20.9 Å². The Hall–Kier alpha value is -1.17. The van der Waals surface area contributed by atoms with Gasteiger partial charge in [-0.2, -0.15) is 5.10 Å². The second-order valence-corrected chi connectivity index (χ2v) is 4.05. The highest BCUT2D eigenvalue weighted by atomic mass is 32.1. The second-order valence-electron chi connectivity index (χ2n) is 3.64. The van der Waals surface area contributed by atoms with Gasteiger partial charge in [-0.25, -0.2) is 4.98 Å². The fourth-order valence-electron chi connectivity index (χ4n) is 1.10. The Kier molecular flexibility index (Phi) is 4.48. The summed E-state index contributed by atoms with van der Waals surface area (Å²) in [6, 6.07) is 0.359. The Balaban J connectivity index is 2.19. The molecule has 6 heteroatoms. The van der Waals surface area contributed by atoms with Crippen LogP contribution < -0.4 is 10.6 Å². The largest absolute Gasteiger partial charge is 0.362 e. The van der Waals surface area contributed by atoms with Crippen LogP contribution in [0, 0.1) is 0 Å². The summed E-state index contributed by atoms with van der Waals surface area (Å²) in [7, 11) is 1.86. The van der Waals surface area contributed by atoms with Crippen LogP contribution in [-0.4, -0.2) is 32.5 Å². The molecular formula is C9H17N5S. The molecule has 1 rings (SSSR count). The van der Waals surface area contributed by atoms with Crippen molar-refractivity contribution < 1.29 is 0 Å². The minimum atomic E-state index is 0.359. The average molecular weight is 227 g/mol. The molecule has 0 spiro atoms. The van der Waals surface area contributed by atoms with Crippen LogP contribution in [0.2, 0.25) is 0 Å². The van der Waals surface area contributed by atoms with Crippen molar-refractivity contribution in [2.45, 2.75) is 26.3 Å². The van der Waals surface area contributed by atoms with E-state index in [0.29, 0.717) is 11.2 Å². The maximum Gasteiger partial charge on any atom is 0.166 e. The van der Waals surface area contributed by atoms with Crippen molar-refractivity contribution in [2.75, 3.05) is 6.54 Å². The number of hydrogen-bond donors (Lipinski definition) is 2. The highest BCUT2D eigenvalue weighted by Crippen LogP contribution is 1.88. The summed E-state index contributed by atoms with van der Waals surface area (Å²) in [5.41, 5.74) is 0. The van der Waals surface area contributed by atoms with Crippen molar-refractivity contribution >= 4 is 17.3 Å². The minimum Gasteiger partial charge on any atom is -0.362 e. The fraction of sp³-hybridized carbons (Fsp3) is 0.667. The van der Waals surface area contributed by atoms with E-state index >= 15 is 0 Å². The first-order valence-electron chi connectivity index (χ1n) is 4.97. The first-order valence-corrected chi connectivity index (χ1v) is 5.37. The zero-order valence-electron chi connectivity index (χ0n) is 9.32. The van der Waals surface area contributed by atoms with Gasteiger partial charge in [-0.05, 0) is 26.1 Å². The van der Waals surface area contributed by atoms with Gasteiger partial charge in [0.15, 0.2) is 10.9 Å². The Morgan fingerprint density at radius 1 is 1.60 bits per heavy atom. The fourth-order valence-corrected chi connectivity index (χ4v) is 1.44. The molecule has 84 valence electrons. The van der Waals surface area contributed by atoms with E-state index in [-0.39, 0.29) is 0 Å². The van der Waals surface area contributed by atoms with Gasteiger partial charge < -0.3 is 10.6 Å². The van der Waals surface area contributed by atoms with Gasteiger partial charge in [0, 0.05) is 26.1 Å². The van der Waals surface area contributed by atoms with E-state index in [1.165, 1.54) is 0 Å². The first-order chi connectivity index (χ1) is 7.08. The van der Waals surface area contributed by atoms with Crippen molar-refractivity contribution in [3.63, 3.8) is 0 Å². The molecule has 0 aromatic carbocycles. The number of thiocarbonyl (C=S) groups is 1. The molecule has 0 aliphatic heterocycles. The third kappa shape index (κ3) is 4.73. The number of hydrogen-bond acceptors (Lipinski definition) is 3. The van der Waals surface area contributed by atoms with Crippen LogP contribution in [0.1, 0.15) is 19.7 Å². The molecule has 0 saturated heterocycles. The quantitative estimate of drug-likeness (QED) is 0.721. The Bertz CT molecular complexity index is 320.